The number of phenolic OH excluding ortho intramolecular Hbond substituents is 1. The fourth-order valence-electron chi connectivity index (χ4n) is 1.58. The van der Waals surface area contributed by atoms with Gasteiger partial charge < -0.3 is 15.7 Å². The molecule has 0 saturated heterocycles. The van der Waals surface area contributed by atoms with Crippen LogP contribution in [0.2, 0.25) is 0 Å². The Morgan fingerprint density at radius 1 is 0.857 bits per heavy atom. The average molecular weight is 296 g/mol. The van der Waals surface area contributed by atoms with E-state index in [-0.39, 0.29) is 11.4 Å². The number of halogens is 3. The summed E-state index contributed by atoms with van der Waals surface area (Å²) in [6, 6.07) is 9.27. The maximum atomic E-state index is 12.4. The van der Waals surface area contributed by atoms with Crippen LogP contribution < -0.4 is 10.6 Å². The normalized spacial score (nSPS) is 11.0. The first-order valence-electron chi connectivity index (χ1n) is 5.89. The van der Waals surface area contributed by atoms with Crippen LogP contribution in [0.4, 0.5) is 29.3 Å². The summed E-state index contributed by atoms with van der Waals surface area (Å²) in [6.07, 6.45) is -4.41. The molecule has 2 aromatic carbocycles. The van der Waals surface area contributed by atoms with E-state index in [4.69, 9.17) is 5.11 Å². The van der Waals surface area contributed by atoms with Gasteiger partial charge in [-0.05, 0) is 48.5 Å². The molecule has 0 bridgehead atoms. The van der Waals surface area contributed by atoms with E-state index in [9.17, 15) is 18.0 Å². The van der Waals surface area contributed by atoms with Crippen LogP contribution in [0.1, 0.15) is 5.56 Å². The number of rotatable bonds is 2. The number of phenols is 1. The summed E-state index contributed by atoms with van der Waals surface area (Å²) in [4.78, 5) is 11.6. The number of anilines is 2. The first-order valence-corrected chi connectivity index (χ1v) is 5.89. The Labute approximate surface area is 118 Å². The standard InChI is InChI=1S/C14H11F3N2O2/c15-14(16,17)9-1-3-10(4-2-9)18-13(21)19-11-5-7-12(20)8-6-11/h1-8,20H,(H2,18,19,21). The summed E-state index contributed by atoms with van der Waals surface area (Å²) < 4.78 is 37.1. The van der Waals surface area contributed by atoms with Crippen LogP contribution in [-0.2, 0) is 6.18 Å². The minimum absolute atomic E-state index is 0.0590. The van der Waals surface area contributed by atoms with Crippen LogP contribution in [0.15, 0.2) is 48.5 Å². The van der Waals surface area contributed by atoms with E-state index in [1.807, 2.05) is 0 Å². The molecule has 0 aliphatic rings. The molecule has 0 aromatic heterocycles. The topological polar surface area (TPSA) is 61.4 Å². The van der Waals surface area contributed by atoms with Crippen molar-refractivity contribution in [2.45, 2.75) is 6.18 Å². The van der Waals surface area contributed by atoms with Crippen molar-refractivity contribution in [2.24, 2.45) is 0 Å². The zero-order valence-corrected chi connectivity index (χ0v) is 10.6. The second kappa shape index (κ2) is 5.74. The third-order valence-electron chi connectivity index (χ3n) is 2.60. The number of carbonyl (C=O) groups excluding carboxylic acids is 1. The van der Waals surface area contributed by atoms with Crippen LogP contribution >= 0.6 is 0 Å². The Balaban J connectivity index is 1.98. The summed E-state index contributed by atoms with van der Waals surface area (Å²) in [5.74, 6) is 0.0590. The van der Waals surface area contributed by atoms with Crippen LogP contribution in [0, 0.1) is 0 Å². The highest BCUT2D eigenvalue weighted by molar-refractivity contribution is 5.99. The smallest absolute Gasteiger partial charge is 0.416 e. The van der Waals surface area contributed by atoms with Crippen LogP contribution in [0.3, 0.4) is 0 Å². The molecule has 0 radical (unpaired) electrons. The fourth-order valence-corrected chi connectivity index (χ4v) is 1.58. The van der Waals surface area contributed by atoms with Gasteiger partial charge in [0.05, 0.1) is 5.56 Å². The highest BCUT2D eigenvalue weighted by atomic mass is 19.4. The van der Waals surface area contributed by atoms with Gasteiger partial charge in [-0.1, -0.05) is 0 Å². The van der Waals surface area contributed by atoms with E-state index >= 15 is 0 Å². The average Bonchev–Trinajstić information content (AvgIpc) is 2.41. The van der Waals surface area contributed by atoms with Gasteiger partial charge in [-0.25, -0.2) is 4.79 Å². The Hall–Kier alpha value is -2.70. The van der Waals surface area contributed by atoms with E-state index in [0.29, 0.717) is 5.69 Å². The SMILES string of the molecule is O=C(Nc1ccc(O)cc1)Nc1ccc(C(F)(F)F)cc1. The van der Waals surface area contributed by atoms with Crippen molar-refractivity contribution >= 4 is 17.4 Å². The van der Waals surface area contributed by atoms with Crippen LogP contribution in [-0.4, -0.2) is 11.1 Å². The van der Waals surface area contributed by atoms with Crippen molar-refractivity contribution in [2.75, 3.05) is 10.6 Å². The lowest BCUT2D eigenvalue weighted by molar-refractivity contribution is -0.137. The van der Waals surface area contributed by atoms with E-state index in [2.05, 4.69) is 10.6 Å². The van der Waals surface area contributed by atoms with E-state index in [1.165, 1.54) is 36.4 Å². The highest BCUT2D eigenvalue weighted by Crippen LogP contribution is 2.29. The lowest BCUT2D eigenvalue weighted by Gasteiger charge is -2.10. The molecule has 2 amide bonds. The molecule has 0 spiro atoms. The van der Waals surface area contributed by atoms with Gasteiger partial charge in [0.15, 0.2) is 0 Å². The number of nitrogens with one attached hydrogen (secondary N) is 2. The molecule has 0 aliphatic carbocycles. The second-order valence-corrected chi connectivity index (χ2v) is 4.20. The summed E-state index contributed by atoms with van der Waals surface area (Å²) in [5.41, 5.74) is -0.108. The predicted molar refractivity (Wildman–Crippen MR) is 72.2 cm³/mol. The minimum Gasteiger partial charge on any atom is -0.508 e. The van der Waals surface area contributed by atoms with Crippen molar-refractivity contribution in [3.8, 4) is 5.75 Å². The number of hydrogen-bond donors (Lipinski definition) is 3. The van der Waals surface area contributed by atoms with Gasteiger partial charge in [-0.3, -0.25) is 0 Å². The molecular formula is C14H11F3N2O2. The molecule has 2 rings (SSSR count). The van der Waals surface area contributed by atoms with Crippen molar-refractivity contribution in [3.63, 3.8) is 0 Å². The Bertz CT molecular complexity index is 622. The molecule has 0 aliphatic heterocycles. The van der Waals surface area contributed by atoms with Gasteiger partial charge in [-0.15, -0.1) is 0 Å². The lowest BCUT2D eigenvalue weighted by Crippen LogP contribution is -2.19. The largest absolute Gasteiger partial charge is 0.508 e. The lowest BCUT2D eigenvalue weighted by atomic mass is 10.2. The molecule has 2 aromatic rings. The van der Waals surface area contributed by atoms with E-state index in [1.54, 1.807) is 0 Å². The van der Waals surface area contributed by atoms with Gasteiger partial charge in [-0.2, -0.15) is 13.2 Å². The number of urea groups is 1. The highest BCUT2D eigenvalue weighted by Gasteiger charge is 2.29. The second-order valence-electron chi connectivity index (χ2n) is 4.20. The Kier molecular flexibility index (Phi) is 4.02. The number of hydrogen-bond acceptors (Lipinski definition) is 2. The van der Waals surface area contributed by atoms with Crippen LogP contribution in [0.25, 0.3) is 0 Å². The molecule has 0 saturated carbocycles. The zero-order chi connectivity index (χ0) is 15.5. The number of alkyl halides is 3. The zero-order valence-electron chi connectivity index (χ0n) is 10.6. The third-order valence-corrected chi connectivity index (χ3v) is 2.60. The molecular weight excluding hydrogens is 285 g/mol. The summed E-state index contributed by atoms with van der Waals surface area (Å²) in [7, 11) is 0. The molecule has 0 atom stereocenters. The monoisotopic (exact) mass is 296 g/mol. The molecule has 3 N–H and O–H groups in total. The number of carbonyl (C=O) groups is 1. The van der Waals surface area contributed by atoms with Crippen molar-refractivity contribution < 1.29 is 23.1 Å². The minimum atomic E-state index is -4.41. The van der Waals surface area contributed by atoms with Crippen molar-refractivity contribution in [1.29, 1.82) is 0 Å². The summed E-state index contributed by atoms with van der Waals surface area (Å²) in [6.45, 7) is 0. The Morgan fingerprint density at radius 3 is 1.71 bits per heavy atom. The fraction of sp³-hybridized carbons (Fsp3) is 0.0714. The molecule has 21 heavy (non-hydrogen) atoms. The van der Waals surface area contributed by atoms with Gasteiger partial charge in [0, 0.05) is 11.4 Å². The third kappa shape index (κ3) is 4.13. The number of aromatic hydroxyl groups is 1. The maximum Gasteiger partial charge on any atom is 0.416 e. The summed E-state index contributed by atoms with van der Waals surface area (Å²) in [5, 5.41) is 14.0. The van der Waals surface area contributed by atoms with Gasteiger partial charge >= 0.3 is 12.2 Å². The molecule has 0 heterocycles. The van der Waals surface area contributed by atoms with Gasteiger partial charge in [0.1, 0.15) is 5.75 Å². The first-order chi connectivity index (χ1) is 9.84. The quantitative estimate of drug-likeness (QED) is 0.732. The summed E-state index contributed by atoms with van der Waals surface area (Å²) >= 11 is 0. The predicted octanol–water partition coefficient (Wildman–Crippen LogP) is 4.06. The van der Waals surface area contributed by atoms with Gasteiger partial charge in [0.2, 0.25) is 0 Å². The van der Waals surface area contributed by atoms with Crippen molar-refractivity contribution in [3.05, 3.63) is 54.1 Å². The maximum absolute atomic E-state index is 12.4. The molecule has 4 nitrogen and oxygen atoms in total. The molecule has 0 unspecified atom stereocenters. The van der Waals surface area contributed by atoms with E-state index in [0.717, 1.165) is 12.1 Å². The molecule has 0 fully saturated rings. The molecule has 7 heteroatoms. The van der Waals surface area contributed by atoms with Crippen molar-refractivity contribution in [1.82, 2.24) is 0 Å². The van der Waals surface area contributed by atoms with Crippen LogP contribution in [0.5, 0.6) is 5.75 Å². The van der Waals surface area contributed by atoms with Gasteiger partial charge in [0.25, 0.3) is 0 Å². The number of amides is 2. The first kappa shape index (κ1) is 14.7. The Morgan fingerprint density at radius 2 is 1.29 bits per heavy atom. The molecule has 110 valence electrons. The van der Waals surface area contributed by atoms with E-state index < -0.39 is 17.8 Å². The number of benzene rings is 2.